The Kier molecular flexibility index (Phi) is 3.42. The second-order valence-electron chi connectivity index (χ2n) is 4.61. The molecule has 1 aliphatic rings. The molecule has 0 bridgehead atoms. The SMILES string of the molecule is OCC1(CO)CC1/C=C/Cc1ccccc1. The van der Waals surface area contributed by atoms with E-state index in [1.165, 1.54) is 5.56 Å². The quantitative estimate of drug-likeness (QED) is 0.740. The van der Waals surface area contributed by atoms with E-state index in [1.807, 2.05) is 18.2 Å². The van der Waals surface area contributed by atoms with Crippen LogP contribution in [0.2, 0.25) is 0 Å². The number of hydrogen-bond acceptors (Lipinski definition) is 2. The highest BCUT2D eigenvalue weighted by molar-refractivity contribution is 5.19. The van der Waals surface area contributed by atoms with Crippen molar-refractivity contribution in [1.29, 1.82) is 0 Å². The predicted molar refractivity (Wildman–Crippen MR) is 64.0 cm³/mol. The number of hydrogen-bond donors (Lipinski definition) is 2. The Labute approximate surface area is 96.2 Å². The van der Waals surface area contributed by atoms with E-state index < -0.39 is 0 Å². The second kappa shape index (κ2) is 4.81. The van der Waals surface area contributed by atoms with E-state index in [0.717, 1.165) is 12.8 Å². The molecule has 0 saturated heterocycles. The van der Waals surface area contributed by atoms with Gasteiger partial charge in [0, 0.05) is 5.41 Å². The topological polar surface area (TPSA) is 40.5 Å². The van der Waals surface area contributed by atoms with Crippen LogP contribution in [0.15, 0.2) is 42.5 Å². The summed E-state index contributed by atoms with van der Waals surface area (Å²) in [5.41, 5.74) is 1.06. The maximum Gasteiger partial charge on any atom is 0.0515 e. The molecule has 1 unspecified atom stereocenters. The highest BCUT2D eigenvalue weighted by atomic mass is 16.3. The lowest BCUT2D eigenvalue weighted by molar-refractivity contribution is 0.126. The van der Waals surface area contributed by atoms with Crippen molar-refractivity contribution in [2.75, 3.05) is 13.2 Å². The second-order valence-corrected chi connectivity index (χ2v) is 4.61. The number of aliphatic hydroxyl groups is 2. The minimum atomic E-state index is -0.229. The Morgan fingerprint density at radius 2 is 1.88 bits per heavy atom. The van der Waals surface area contributed by atoms with E-state index in [9.17, 15) is 0 Å². The average molecular weight is 218 g/mol. The molecule has 86 valence electrons. The van der Waals surface area contributed by atoms with Crippen LogP contribution >= 0.6 is 0 Å². The summed E-state index contributed by atoms with van der Waals surface area (Å²) in [6.45, 7) is 0.174. The third-order valence-electron chi connectivity index (χ3n) is 3.45. The zero-order valence-electron chi connectivity index (χ0n) is 9.34. The van der Waals surface area contributed by atoms with Gasteiger partial charge in [0.2, 0.25) is 0 Å². The van der Waals surface area contributed by atoms with E-state index in [-0.39, 0.29) is 18.6 Å². The van der Waals surface area contributed by atoms with E-state index in [4.69, 9.17) is 10.2 Å². The van der Waals surface area contributed by atoms with E-state index in [2.05, 4.69) is 24.3 Å². The van der Waals surface area contributed by atoms with E-state index >= 15 is 0 Å². The molecule has 2 heteroatoms. The highest BCUT2D eigenvalue weighted by Crippen LogP contribution is 2.52. The fourth-order valence-corrected chi connectivity index (χ4v) is 2.05. The molecular formula is C14H18O2. The normalized spacial score (nSPS) is 22.5. The van der Waals surface area contributed by atoms with Gasteiger partial charge in [-0.15, -0.1) is 0 Å². The molecular weight excluding hydrogens is 200 g/mol. The van der Waals surface area contributed by atoms with Gasteiger partial charge in [-0.1, -0.05) is 42.5 Å². The molecule has 0 heterocycles. The Bertz CT molecular complexity index is 352. The van der Waals surface area contributed by atoms with Crippen molar-refractivity contribution in [1.82, 2.24) is 0 Å². The molecule has 0 amide bonds. The van der Waals surface area contributed by atoms with Gasteiger partial charge in [-0.25, -0.2) is 0 Å². The molecule has 1 aromatic rings. The average Bonchev–Trinajstić information content (AvgIpc) is 3.05. The lowest BCUT2D eigenvalue weighted by Crippen LogP contribution is -2.14. The standard InChI is InChI=1S/C14H18O2/c15-10-14(11-16)9-13(14)8-4-7-12-5-2-1-3-6-12/h1-6,8,13,15-16H,7,9-11H2/b8-4+. The van der Waals surface area contributed by atoms with Crippen molar-refractivity contribution in [3.8, 4) is 0 Å². The molecule has 1 saturated carbocycles. The molecule has 1 fully saturated rings. The van der Waals surface area contributed by atoms with Gasteiger partial charge in [0.1, 0.15) is 0 Å². The summed E-state index contributed by atoms with van der Waals surface area (Å²) in [5.74, 6) is 0.353. The highest BCUT2D eigenvalue weighted by Gasteiger charge is 2.51. The summed E-state index contributed by atoms with van der Waals surface area (Å²) in [7, 11) is 0. The Balaban J connectivity index is 1.84. The molecule has 2 N–H and O–H groups in total. The summed E-state index contributed by atoms with van der Waals surface area (Å²) in [5, 5.41) is 18.3. The van der Waals surface area contributed by atoms with Crippen molar-refractivity contribution in [3.63, 3.8) is 0 Å². The van der Waals surface area contributed by atoms with Gasteiger partial charge < -0.3 is 10.2 Å². The van der Waals surface area contributed by atoms with Crippen molar-refractivity contribution in [3.05, 3.63) is 48.0 Å². The van der Waals surface area contributed by atoms with Gasteiger partial charge in [-0.2, -0.15) is 0 Å². The van der Waals surface area contributed by atoms with Crippen LogP contribution in [-0.2, 0) is 6.42 Å². The molecule has 0 spiro atoms. The Morgan fingerprint density at radius 1 is 1.19 bits per heavy atom. The van der Waals surface area contributed by atoms with Crippen molar-refractivity contribution in [2.24, 2.45) is 11.3 Å². The van der Waals surface area contributed by atoms with Gasteiger partial charge in [-0.05, 0) is 24.3 Å². The summed E-state index contributed by atoms with van der Waals surface area (Å²) in [4.78, 5) is 0. The summed E-state index contributed by atoms with van der Waals surface area (Å²) in [6, 6.07) is 10.3. The van der Waals surface area contributed by atoms with Gasteiger partial charge >= 0.3 is 0 Å². The molecule has 1 aromatic carbocycles. The third-order valence-corrected chi connectivity index (χ3v) is 3.45. The molecule has 2 nitrogen and oxygen atoms in total. The van der Waals surface area contributed by atoms with Gasteiger partial charge in [0.15, 0.2) is 0 Å². The number of aliphatic hydroxyl groups excluding tert-OH is 2. The molecule has 2 rings (SSSR count). The van der Waals surface area contributed by atoms with E-state index in [0.29, 0.717) is 5.92 Å². The fraction of sp³-hybridized carbons (Fsp3) is 0.429. The lowest BCUT2D eigenvalue weighted by atomic mass is 10.1. The third kappa shape index (κ3) is 2.34. The number of benzene rings is 1. The van der Waals surface area contributed by atoms with Crippen LogP contribution < -0.4 is 0 Å². The van der Waals surface area contributed by atoms with Crippen molar-refractivity contribution in [2.45, 2.75) is 12.8 Å². The zero-order valence-corrected chi connectivity index (χ0v) is 9.34. The van der Waals surface area contributed by atoms with Crippen LogP contribution in [0.3, 0.4) is 0 Å². The first-order valence-corrected chi connectivity index (χ1v) is 5.73. The van der Waals surface area contributed by atoms with Gasteiger partial charge in [0.25, 0.3) is 0 Å². The molecule has 0 radical (unpaired) electrons. The summed E-state index contributed by atoms with van der Waals surface area (Å²) in [6.07, 6.45) is 6.09. The minimum Gasteiger partial charge on any atom is -0.396 e. The molecule has 0 aromatic heterocycles. The first-order valence-electron chi connectivity index (χ1n) is 5.73. The number of rotatable bonds is 5. The molecule has 1 aliphatic carbocycles. The van der Waals surface area contributed by atoms with Gasteiger partial charge in [0.05, 0.1) is 13.2 Å². The minimum absolute atomic E-state index is 0.0871. The van der Waals surface area contributed by atoms with Crippen LogP contribution in [0.4, 0.5) is 0 Å². The first kappa shape index (κ1) is 11.4. The maximum absolute atomic E-state index is 9.15. The summed E-state index contributed by atoms with van der Waals surface area (Å²) >= 11 is 0. The van der Waals surface area contributed by atoms with Gasteiger partial charge in [-0.3, -0.25) is 0 Å². The van der Waals surface area contributed by atoms with Crippen molar-refractivity contribution >= 4 is 0 Å². The molecule has 0 aliphatic heterocycles. The summed E-state index contributed by atoms with van der Waals surface area (Å²) < 4.78 is 0. The lowest BCUT2D eigenvalue weighted by Gasteiger charge is -2.07. The zero-order chi connectivity index (χ0) is 11.4. The van der Waals surface area contributed by atoms with E-state index in [1.54, 1.807) is 0 Å². The first-order chi connectivity index (χ1) is 7.80. The monoisotopic (exact) mass is 218 g/mol. The number of allylic oxidation sites excluding steroid dienone is 2. The Morgan fingerprint density at radius 3 is 2.44 bits per heavy atom. The van der Waals surface area contributed by atoms with Crippen molar-refractivity contribution < 1.29 is 10.2 Å². The molecule has 1 atom stereocenters. The predicted octanol–water partition coefficient (Wildman–Crippen LogP) is 1.78. The van der Waals surface area contributed by atoms with Crippen LogP contribution in [0, 0.1) is 11.3 Å². The van der Waals surface area contributed by atoms with Crippen LogP contribution in [-0.4, -0.2) is 23.4 Å². The Hall–Kier alpha value is -1.12. The largest absolute Gasteiger partial charge is 0.396 e. The van der Waals surface area contributed by atoms with Crippen LogP contribution in [0.1, 0.15) is 12.0 Å². The maximum atomic E-state index is 9.15. The fourth-order valence-electron chi connectivity index (χ4n) is 2.05. The smallest absolute Gasteiger partial charge is 0.0515 e. The van der Waals surface area contributed by atoms with Crippen LogP contribution in [0.25, 0.3) is 0 Å². The molecule has 16 heavy (non-hydrogen) atoms. The van der Waals surface area contributed by atoms with Crippen LogP contribution in [0.5, 0.6) is 0 Å².